The van der Waals surface area contributed by atoms with E-state index in [-0.39, 0.29) is 11.4 Å². The number of hydrogen-bond donors (Lipinski definition) is 1. The fourth-order valence-corrected chi connectivity index (χ4v) is 2.01. The van der Waals surface area contributed by atoms with E-state index in [1.807, 2.05) is 12.1 Å². The molecule has 0 saturated heterocycles. The number of nitrogens with one attached hydrogen (secondary N) is 1. The summed E-state index contributed by atoms with van der Waals surface area (Å²) < 4.78 is 10.4. The molecule has 0 aromatic heterocycles. The molecule has 0 aliphatic heterocycles. The molecule has 2 rings (SSSR count). The summed E-state index contributed by atoms with van der Waals surface area (Å²) >= 11 is 0. The number of hydrogen-bond acceptors (Lipinski definition) is 6. The Labute approximate surface area is 144 Å². The number of nitro benzene ring substituents is 1. The minimum Gasteiger partial charge on any atom is -0.496 e. The Bertz CT molecular complexity index is 805. The first-order chi connectivity index (χ1) is 12.0. The second kappa shape index (κ2) is 8.44. The number of benzene rings is 2. The van der Waals surface area contributed by atoms with Gasteiger partial charge in [-0.25, -0.2) is 5.43 Å². The Morgan fingerprint density at radius 1 is 1.28 bits per heavy atom. The lowest BCUT2D eigenvalue weighted by atomic mass is 10.2. The normalized spacial score (nSPS) is 10.5. The monoisotopic (exact) mass is 343 g/mol. The second-order valence-electron chi connectivity index (χ2n) is 5.05. The SMILES string of the molecule is COc1ccccc1/C=N/NC(=O)COc1ccc(C)cc1[N+](=O)[O-]. The van der Waals surface area contributed by atoms with Crippen LogP contribution in [-0.4, -0.2) is 30.8 Å². The minimum absolute atomic E-state index is 0.0273. The Hall–Kier alpha value is -3.42. The quantitative estimate of drug-likeness (QED) is 0.472. The molecule has 0 saturated carbocycles. The maximum absolute atomic E-state index is 11.8. The topological polar surface area (TPSA) is 103 Å². The van der Waals surface area contributed by atoms with Gasteiger partial charge in [0, 0.05) is 11.6 Å². The molecular formula is C17H17N3O5. The fraction of sp³-hybridized carbons (Fsp3) is 0.176. The van der Waals surface area contributed by atoms with E-state index in [0.717, 1.165) is 5.56 Å². The number of carbonyl (C=O) groups is 1. The van der Waals surface area contributed by atoms with Crippen molar-refractivity contribution >= 4 is 17.8 Å². The van der Waals surface area contributed by atoms with Gasteiger partial charge in [0.2, 0.25) is 0 Å². The van der Waals surface area contributed by atoms with Gasteiger partial charge in [-0.15, -0.1) is 0 Å². The fourth-order valence-electron chi connectivity index (χ4n) is 2.01. The third kappa shape index (κ3) is 5.03. The second-order valence-corrected chi connectivity index (χ2v) is 5.05. The highest BCUT2D eigenvalue weighted by atomic mass is 16.6. The molecule has 0 aliphatic rings. The third-order valence-electron chi connectivity index (χ3n) is 3.20. The van der Waals surface area contributed by atoms with Gasteiger partial charge in [0.1, 0.15) is 5.75 Å². The maximum atomic E-state index is 11.8. The van der Waals surface area contributed by atoms with Crippen LogP contribution in [0.5, 0.6) is 11.5 Å². The lowest BCUT2D eigenvalue weighted by Gasteiger charge is -2.06. The van der Waals surface area contributed by atoms with Crippen LogP contribution >= 0.6 is 0 Å². The molecule has 2 aromatic carbocycles. The molecule has 8 nitrogen and oxygen atoms in total. The van der Waals surface area contributed by atoms with Crippen molar-refractivity contribution in [2.24, 2.45) is 5.10 Å². The van der Waals surface area contributed by atoms with E-state index in [1.165, 1.54) is 25.5 Å². The standard InChI is InChI=1S/C17H17N3O5/c1-12-7-8-16(14(9-12)20(22)23)25-11-17(21)19-18-10-13-5-3-4-6-15(13)24-2/h3-10H,11H2,1-2H3,(H,19,21)/b18-10+. The van der Waals surface area contributed by atoms with Crippen molar-refractivity contribution in [1.29, 1.82) is 0 Å². The molecule has 130 valence electrons. The number of para-hydroxylation sites is 1. The van der Waals surface area contributed by atoms with Crippen LogP contribution < -0.4 is 14.9 Å². The van der Waals surface area contributed by atoms with Crippen molar-refractivity contribution in [3.63, 3.8) is 0 Å². The zero-order chi connectivity index (χ0) is 18.2. The van der Waals surface area contributed by atoms with Crippen molar-refractivity contribution in [2.75, 3.05) is 13.7 Å². The summed E-state index contributed by atoms with van der Waals surface area (Å²) in [4.78, 5) is 22.2. The minimum atomic E-state index is -0.555. The first-order valence-corrected chi connectivity index (χ1v) is 7.34. The molecule has 0 bridgehead atoms. The lowest BCUT2D eigenvalue weighted by molar-refractivity contribution is -0.385. The molecule has 0 unspecified atom stereocenters. The van der Waals surface area contributed by atoms with E-state index in [0.29, 0.717) is 11.3 Å². The zero-order valence-electron chi connectivity index (χ0n) is 13.8. The molecule has 0 spiro atoms. The molecule has 1 N–H and O–H groups in total. The molecule has 0 radical (unpaired) electrons. The van der Waals surface area contributed by atoms with Gasteiger partial charge in [-0.1, -0.05) is 18.2 Å². The Kier molecular flexibility index (Phi) is 6.05. The largest absolute Gasteiger partial charge is 0.496 e. The van der Waals surface area contributed by atoms with Crippen molar-refractivity contribution in [1.82, 2.24) is 5.43 Å². The molecule has 0 atom stereocenters. The van der Waals surface area contributed by atoms with Crippen molar-refractivity contribution < 1.29 is 19.2 Å². The Morgan fingerprint density at radius 2 is 2.04 bits per heavy atom. The van der Waals surface area contributed by atoms with Crippen molar-refractivity contribution in [2.45, 2.75) is 6.92 Å². The number of ether oxygens (including phenoxy) is 2. The van der Waals surface area contributed by atoms with Crippen LogP contribution in [0.1, 0.15) is 11.1 Å². The van der Waals surface area contributed by atoms with Crippen LogP contribution in [0.2, 0.25) is 0 Å². The number of aryl methyl sites for hydroxylation is 1. The van der Waals surface area contributed by atoms with E-state index < -0.39 is 17.4 Å². The average molecular weight is 343 g/mol. The predicted octanol–water partition coefficient (Wildman–Crippen LogP) is 2.44. The average Bonchev–Trinajstić information content (AvgIpc) is 2.61. The van der Waals surface area contributed by atoms with Crippen molar-refractivity contribution in [3.8, 4) is 11.5 Å². The summed E-state index contributed by atoms with van der Waals surface area (Å²) in [6.45, 7) is 1.34. The number of carbonyl (C=O) groups excluding carboxylic acids is 1. The van der Waals surface area contributed by atoms with Gasteiger partial charge in [-0.05, 0) is 30.7 Å². The number of nitrogens with zero attached hydrogens (tertiary/aromatic N) is 2. The van der Waals surface area contributed by atoms with Crippen LogP contribution in [0.15, 0.2) is 47.6 Å². The Morgan fingerprint density at radius 3 is 2.76 bits per heavy atom. The lowest BCUT2D eigenvalue weighted by Crippen LogP contribution is -2.24. The number of rotatable bonds is 7. The highest BCUT2D eigenvalue weighted by Gasteiger charge is 2.16. The van der Waals surface area contributed by atoms with Crippen molar-refractivity contribution in [3.05, 3.63) is 63.7 Å². The van der Waals surface area contributed by atoms with Gasteiger partial charge in [0.15, 0.2) is 12.4 Å². The molecule has 8 heteroatoms. The van der Waals surface area contributed by atoms with Crippen LogP contribution in [0.3, 0.4) is 0 Å². The van der Waals surface area contributed by atoms with Gasteiger partial charge >= 0.3 is 5.69 Å². The number of amides is 1. The van der Waals surface area contributed by atoms with Gasteiger partial charge < -0.3 is 9.47 Å². The molecule has 0 aliphatic carbocycles. The first kappa shape index (κ1) is 17.9. The maximum Gasteiger partial charge on any atom is 0.311 e. The molecule has 1 amide bonds. The molecular weight excluding hydrogens is 326 g/mol. The predicted molar refractivity (Wildman–Crippen MR) is 92.1 cm³/mol. The van der Waals surface area contributed by atoms with Gasteiger partial charge in [-0.2, -0.15) is 5.10 Å². The highest BCUT2D eigenvalue weighted by molar-refractivity contribution is 5.85. The summed E-state index contributed by atoms with van der Waals surface area (Å²) in [6, 6.07) is 11.7. The molecule has 2 aromatic rings. The van der Waals surface area contributed by atoms with E-state index in [9.17, 15) is 14.9 Å². The summed E-state index contributed by atoms with van der Waals surface area (Å²) in [6.07, 6.45) is 1.44. The van der Waals surface area contributed by atoms with Crippen LogP contribution in [-0.2, 0) is 4.79 Å². The summed E-state index contributed by atoms with van der Waals surface area (Å²) in [7, 11) is 1.54. The molecule has 0 heterocycles. The number of methoxy groups -OCH3 is 1. The third-order valence-corrected chi connectivity index (χ3v) is 3.20. The Balaban J connectivity index is 1.93. The first-order valence-electron chi connectivity index (χ1n) is 7.34. The van der Waals surface area contributed by atoms with E-state index in [1.54, 1.807) is 25.1 Å². The van der Waals surface area contributed by atoms with Crippen LogP contribution in [0.25, 0.3) is 0 Å². The summed E-state index contributed by atoms with van der Waals surface area (Å²) in [5, 5.41) is 14.8. The van der Waals surface area contributed by atoms with E-state index >= 15 is 0 Å². The molecule has 25 heavy (non-hydrogen) atoms. The molecule has 0 fully saturated rings. The van der Waals surface area contributed by atoms with Crippen LogP contribution in [0, 0.1) is 17.0 Å². The van der Waals surface area contributed by atoms with E-state index in [2.05, 4.69) is 10.5 Å². The van der Waals surface area contributed by atoms with E-state index in [4.69, 9.17) is 9.47 Å². The number of hydrazone groups is 1. The van der Waals surface area contributed by atoms with Crippen LogP contribution in [0.4, 0.5) is 5.69 Å². The smallest absolute Gasteiger partial charge is 0.311 e. The highest BCUT2D eigenvalue weighted by Crippen LogP contribution is 2.27. The summed E-state index contributed by atoms with van der Waals surface area (Å²) in [5.74, 6) is 0.104. The zero-order valence-corrected chi connectivity index (χ0v) is 13.8. The van der Waals surface area contributed by atoms with Gasteiger partial charge in [-0.3, -0.25) is 14.9 Å². The number of nitro groups is 1. The van der Waals surface area contributed by atoms with Gasteiger partial charge in [0.25, 0.3) is 5.91 Å². The van der Waals surface area contributed by atoms with Gasteiger partial charge in [0.05, 0.1) is 18.2 Å². The summed E-state index contributed by atoms with van der Waals surface area (Å²) in [5.41, 5.74) is 3.52.